The molecule has 0 spiro atoms. The summed E-state index contributed by atoms with van der Waals surface area (Å²) in [5.74, 6) is -0.344. The van der Waals surface area contributed by atoms with Gasteiger partial charge in [0.15, 0.2) is 0 Å². The predicted octanol–water partition coefficient (Wildman–Crippen LogP) is 6.09. The van der Waals surface area contributed by atoms with Crippen LogP contribution in [0.15, 0.2) is 98.1 Å². The van der Waals surface area contributed by atoms with Gasteiger partial charge in [-0.25, -0.2) is 4.79 Å². The lowest BCUT2D eigenvalue weighted by molar-refractivity contribution is 0.0550. The second-order valence-electron chi connectivity index (χ2n) is 6.20. The molecule has 0 aliphatic rings. The van der Waals surface area contributed by atoms with Crippen LogP contribution in [-0.2, 0) is 11.2 Å². The van der Waals surface area contributed by atoms with Crippen LogP contribution in [-0.4, -0.2) is 12.6 Å². The third-order valence-electron chi connectivity index (χ3n) is 4.32. The van der Waals surface area contributed by atoms with E-state index in [2.05, 4.69) is 37.4 Å². The maximum absolute atomic E-state index is 12.5. The maximum Gasteiger partial charge on any atom is 0.339 e. The van der Waals surface area contributed by atoms with Crippen LogP contribution in [0.4, 0.5) is 0 Å². The first-order valence-corrected chi connectivity index (χ1v) is 8.90. The molecule has 27 heavy (non-hydrogen) atoms. The first-order chi connectivity index (χ1) is 13.2. The van der Waals surface area contributed by atoms with Crippen molar-refractivity contribution in [2.24, 2.45) is 0 Å². The molecule has 0 N–H and O–H groups in total. The van der Waals surface area contributed by atoms with Crippen molar-refractivity contribution in [3.8, 4) is 22.3 Å². The highest BCUT2D eigenvalue weighted by molar-refractivity contribution is 5.97. The van der Waals surface area contributed by atoms with Crippen molar-refractivity contribution in [1.29, 1.82) is 0 Å². The molecule has 3 rings (SSSR count). The number of hydrogen-bond acceptors (Lipinski definition) is 2. The third kappa shape index (κ3) is 4.42. The number of allylic oxidation sites excluding steroid dienone is 1. The lowest BCUT2D eigenvalue weighted by Gasteiger charge is -2.12. The summed E-state index contributed by atoms with van der Waals surface area (Å²) in [6.45, 7) is 7.56. The number of ether oxygens (including phenoxy) is 1. The third-order valence-corrected chi connectivity index (χ3v) is 4.32. The van der Waals surface area contributed by atoms with E-state index < -0.39 is 0 Å². The van der Waals surface area contributed by atoms with Crippen LogP contribution in [0.5, 0.6) is 0 Å². The van der Waals surface area contributed by atoms with Crippen molar-refractivity contribution in [2.45, 2.75) is 6.42 Å². The Kier molecular flexibility index (Phi) is 6.01. The first kappa shape index (κ1) is 18.4. The average Bonchev–Trinajstić information content (AvgIpc) is 2.73. The van der Waals surface area contributed by atoms with Crippen molar-refractivity contribution in [3.05, 3.63) is 109 Å². The van der Waals surface area contributed by atoms with E-state index in [-0.39, 0.29) is 12.6 Å². The predicted molar refractivity (Wildman–Crippen MR) is 112 cm³/mol. The minimum Gasteiger partial charge on any atom is -0.458 e. The molecule has 0 saturated heterocycles. The molecule has 0 aliphatic carbocycles. The molecule has 0 fully saturated rings. The number of rotatable bonds is 7. The van der Waals surface area contributed by atoms with E-state index in [4.69, 9.17) is 4.74 Å². The van der Waals surface area contributed by atoms with Gasteiger partial charge < -0.3 is 4.74 Å². The summed E-state index contributed by atoms with van der Waals surface area (Å²) in [6.07, 6.45) is 4.09. The number of benzene rings is 3. The van der Waals surface area contributed by atoms with Crippen molar-refractivity contribution in [3.63, 3.8) is 0 Å². The van der Waals surface area contributed by atoms with Gasteiger partial charge in [0.2, 0.25) is 0 Å². The highest BCUT2D eigenvalue weighted by Gasteiger charge is 2.15. The lowest BCUT2D eigenvalue weighted by Crippen LogP contribution is -2.07. The van der Waals surface area contributed by atoms with Crippen LogP contribution in [0.25, 0.3) is 22.3 Å². The smallest absolute Gasteiger partial charge is 0.339 e. The molecule has 0 radical (unpaired) electrons. The molecule has 3 aromatic rings. The van der Waals surface area contributed by atoms with Gasteiger partial charge in [0.25, 0.3) is 0 Å². The molecule has 0 saturated carbocycles. The molecule has 0 unspecified atom stereocenters. The molecule has 0 heterocycles. The summed E-state index contributed by atoms with van der Waals surface area (Å²) in [5.41, 5.74) is 5.72. The second kappa shape index (κ2) is 8.81. The standard InChI is InChI=1S/C25H22O2/c1-3-8-19-11-16-23(24(18-19)25(26)27-17-4-2)22-14-12-21(13-15-22)20-9-6-5-7-10-20/h3-7,9-16,18H,1-2,8,17H2. The molecular formula is C25H22O2. The van der Waals surface area contributed by atoms with E-state index in [1.54, 1.807) is 6.08 Å². The van der Waals surface area contributed by atoms with Crippen LogP contribution < -0.4 is 0 Å². The van der Waals surface area contributed by atoms with Gasteiger partial charge in [-0.3, -0.25) is 0 Å². The monoisotopic (exact) mass is 354 g/mol. The Bertz CT molecular complexity index is 938. The Morgan fingerprint density at radius 2 is 1.48 bits per heavy atom. The Labute approximate surface area is 160 Å². The molecule has 0 aromatic heterocycles. The quantitative estimate of drug-likeness (QED) is 0.379. The largest absolute Gasteiger partial charge is 0.458 e. The van der Waals surface area contributed by atoms with Gasteiger partial charge in [-0.2, -0.15) is 0 Å². The fourth-order valence-corrected chi connectivity index (χ4v) is 2.99. The molecule has 3 aromatic carbocycles. The van der Waals surface area contributed by atoms with Crippen LogP contribution in [0.2, 0.25) is 0 Å². The number of hydrogen-bond donors (Lipinski definition) is 0. The lowest BCUT2D eigenvalue weighted by atomic mass is 9.95. The van der Waals surface area contributed by atoms with E-state index in [0.29, 0.717) is 12.0 Å². The molecule has 2 nitrogen and oxygen atoms in total. The van der Waals surface area contributed by atoms with Crippen LogP contribution in [0.1, 0.15) is 15.9 Å². The zero-order valence-corrected chi connectivity index (χ0v) is 15.2. The van der Waals surface area contributed by atoms with Crippen LogP contribution in [0.3, 0.4) is 0 Å². The second-order valence-corrected chi connectivity index (χ2v) is 6.20. The Hall–Kier alpha value is -3.39. The number of esters is 1. The van der Waals surface area contributed by atoms with E-state index >= 15 is 0 Å². The molecule has 0 bridgehead atoms. The highest BCUT2D eigenvalue weighted by Crippen LogP contribution is 2.28. The molecular weight excluding hydrogens is 332 g/mol. The summed E-state index contributed by atoms with van der Waals surface area (Å²) >= 11 is 0. The van der Waals surface area contributed by atoms with Crippen molar-refractivity contribution >= 4 is 5.97 Å². The topological polar surface area (TPSA) is 26.3 Å². The van der Waals surface area contributed by atoms with E-state index in [1.165, 1.54) is 0 Å². The molecule has 0 amide bonds. The normalized spacial score (nSPS) is 10.2. The van der Waals surface area contributed by atoms with Gasteiger partial charge >= 0.3 is 5.97 Å². The minimum atomic E-state index is -0.344. The maximum atomic E-state index is 12.5. The zero-order chi connectivity index (χ0) is 19.1. The first-order valence-electron chi connectivity index (χ1n) is 8.90. The SMILES string of the molecule is C=CCOC(=O)c1cc(CC=C)ccc1-c1ccc(-c2ccccc2)cc1. The molecule has 0 atom stereocenters. The minimum absolute atomic E-state index is 0.191. The van der Waals surface area contributed by atoms with E-state index in [9.17, 15) is 4.79 Å². The van der Waals surface area contributed by atoms with Crippen molar-refractivity contribution in [1.82, 2.24) is 0 Å². The van der Waals surface area contributed by atoms with Gasteiger partial charge in [-0.1, -0.05) is 85.5 Å². The molecule has 134 valence electrons. The van der Waals surface area contributed by atoms with Crippen molar-refractivity contribution in [2.75, 3.05) is 6.61 Å². The van der Waals surface area contributed by atoms with Gasteiger partial charge in [-0.15, -0.1) is 6.58 Å². The van der Waals surface area contributed by atoms with Crippen molar-refractivity contribution < 1.29 is 9.53 Å². The fourth-order valence-electron chi connectivity index (χ4n) is 2.99. The highest BCUT2D eigenvalue weighted by atomic mass is 16.5. The molecule has 2 heteroatoms. The summed E-state index contributed by atoms with van der Waals surface area (Å²) < 4.78 is 5.28. The zero-order valence-electron chi connectivity index (χ0n) is 15.2. The number of carbonyl (C=O) groups is 1. The van der Waals surface area contributed by atoms with Crippen LogP contribution in [0, 0.1) is 0 Å². The van der Waals surface area contributed by atoms with Gasteiger partial charge in [0, 0.05) is 0 Å². The van der Waals surface area contributed by atoms with Gasteiger partial charge in [-0.05, 0) is 40.3 Å². The summed E-state index contributed by atoms with van der Waals surface area (Å²) in [5, 5.41) is 0. The Morgan fingerprint density at radius 1 is 0.815 bits per heavy atom. The summed E-state index contributed by atoms with van der Waals surface area (Å²) in [6, 6.07) is 24.3. The van der Waals surface area contributed by atoms with Gasteiger partial charge in [0.05, 0.1) is 5.56 Å². The van der Waals surface area contributed by atoms with Crippen LogP contribution >= 0.6 is 0 Å². The molecule has 0 aliphatic heterocycles. The average molecular weight is 354 g/mol. The van der Waals surface area contributed by atoms with Gasteiger partial charge in [0.1, 0.15) is 6.61 Å². The van der Waals surface area contributed by atoms with E-state index in [1.807, 2.05) is 54.6 Å². The summed E-state index contributed by atoms with van der Waals surface area (Å²) in [4.78, 5) is 12.5. The Balaban J connectivity index is 1.98. The Morgan fingerprint density at radius 3 is 2.15 bits per heavy atom. The summed E-state index contributed by atoms with van der Waals surface area (Å²) in [7, 11) is 0. The van der Waals surface area contributed by atoms with E-state index in [0.717, 1.165) is 27.8 Å². The number of carbonyl (C=O) groups excluding carboxylic acids is 1. The fraction of sp³-hybridized carbons (Fsp3) is 0.0800.